The number of allylic oxidation sites excluding steroid dienone is 1. The number of aliphatic hydroxyl groups excluding tert-OH is 2. The largest absolute Gasteiger partial charge is 0.465 e. The van der Waals surface area contributed by atoms with E-state index in [1.165, 1.54) is 0 Å². The van der Waals surface area contributed by atoms with Crippen LogP contribution in [0.5, 0.6) is 0 Å². The van der Waals surface area contributed by atoms with Crippen molar-refractivity contribution in [2.45, 2.75) is 63.6 Å². The standard InChI is InChI=1S/C17H26O4/c1-2-3-7-16-8-4-9-17(14(16)12(18)5-10-16)13(19)6-11-21-15(17)20/h2,12-14,18-19H,1,3-11H2/t12-,13+,14+,16?,17-/m0/s1. The summed E-state index contributed by atoms with van der Waals surface area (Å²) in [6, 6.07) is 0. The van der Waals surface area contributed by atoms with Crippen molar-refractivity contribution < 1.29 is 19.7 Å². The third-order valence-corrected chi connectivity index (χ3v) is 6.25. The van der Waals surface area contributed by atoms with Gasteiger partial charge in [-0.2, -0.15) is 0 Å². The first-order valence-electron chi connectivity index (χ1n) is 8.21. The highest BCUT2D eigenvalue weighted by molar-refractivity contribution is 5.79. The molecule has 5 atom stereocenters. The summed E-state index contributed by atoms with van der Waals surface area (Å²) in [5.41, 5.74) is -0.920. The minimum absolute atomic E-state index is 0.0385. The molecule has 1 saturated heterocycles. The minimum atomic E-state index is -0.881. The summed E-state index contributed by atoms with van der Waals surface area (Å²) >= 11 is 0. The molecule has 118 valence electrons. The van der Waals surface area contributed by atoms with E-state index in [2.05, 4.69) is 6.58 Å². The lowest BCUT2D eigenvalue weighted by atomic mass is 9.51. The van der Waals surface area contributed by atoms with E-state index in [-0.39, 0.29) is 17.3 Å². The van der Waals surface area contributed by atoms with Crippen LogP contribution in [0.15, 0.2) is 12.7 Å². The molecule has 3 rings (SSSR count). The van der Waals surface area contributed by atoms with Gasteiger partial charge in [-0.1, -0.05) is 12.5 Å². The van der Waals surface area contributed by atoms with E-state index in [0.717, 1.165) is 38.5 Å². The molecule has 1 heterocycles. The molecule has 0 aromatic rings. The van der Waals surface area contributed by atoms with Gasteiger partial charge in [-0.15, -0.1) is 6.58 Å². The van der Waals surface area contributed by atoms with Crippen molar-refractivity contribution in [3.8, 4) is 0 Å². The van der Waals surface area contributed by atoms with Crippen LogP contribution in [0.4, 0.5) is 0 Å². The molecule has 0 amide bonds. The number of hydrogen-bond acceptors (Lipinski definition) is 4. The lowest BCUT2D eigenvalue weighted by molar-refractivity contribution is -0.204. The second-order valence-corrected chi connectivity index (χ2v) is 7.11. The number of carbonyl (C=O) groups is 1. The first-order chi connectivity index (χ1) is 10.1. The van der Waals surface area contributed by atoms with E-state index < -0.39 is 17.6 Å². The second-order valence-electron chi connectivity index (χ2n) is 7.11. The zero-order chi connectivity index (χ0) is 15.1. The summed E-state index contributed by atoms with van der Waals surface area (Å²) in [5, 5.41) is 21.2. The maximum Gasteiger partial charge on any atom is 0.315 e. The number of rotatable bonds is 3. The highest BCUT2D eigenvalue weighted by Crippen LogP contribution is 2.63. The van der Waals surface area contributed by atoms with E-state index in [1.54, 1.807) is 0 Å². The quantitative estimate of drug-likeness (QED) is 0.618. The number of hydrogen-bond donors (Lipinski definition) is 2. The number of aliphatic hydroxyl groups is 2. The van der Waals surface area contributed by atoms with Crippen LogP contribution in [0.25, 0.3) is 0 Å². The van der Waals surface area contributed by atoms with Gasteiger partial charge in [0, 0.05) is 12.3 Å². The average molecular weight is 294 g/mol. The lowest BCUT2D eigenvalue weighted by Crippen LogP contribution is -2.60. The number of carbonyl (C=O) groups excluding carboxylic acids is 1. The van der Waals surface area contributed by atoms with Gasteiger partial charge >= 0.3 is 5.97 Å². The molecular weight excluding hydrogens is 268 g/mol. The van der Waals surface area contributed by atoms with Gasteiger partial charge in [-0.05, 0) is 43.9 Å². The Kier molecular flexibility index (Phi) is 3.87. The molecule has 4 nitrogen and oxygen atoms in total. The molecule has 0 aromatic heterocycles. The van der Waals surface area contributed by atoms with Crippen LogP contribution in [-0.2, 0) is 9.53 Å². The Morgan fingerprint density at radius 3 is 2.81 bits per heavy atom. The van der Waals surface area contributed by atoms with Crippen molar-refractivity contribution in [2.75, 3.05) is 6.61 Å². The molecule has 0 bridgehead atoms. The SMILES string of the molecule is C=CCCC12CCC[C@@]3(C(=O)OCC[C@H]3O)[C@@H]1[C@@H](O)CC2. The fourth-order valence-electron chi connectivity index (χ4n) is 5.41. The van der Waals surface area contributed by atoms with Crippen LogP contribution >= 0.6 is 0 Å². The average Bonchev–Trinajstić information content (AvgIpc) is 2.82. The second kappa shape index (κ2) is 5.40. The van der Waals surface area contributed by atoms with Crippen LogP contribution in [-0.4, -0.2) is 35.0 Å². The Labute approximate surface area is 126 Å². The Hall–Kier alpha value is -0.870. The van der Waals surface area contributed by atoms with Gasteiger partial charge in [-0.3, -0.25) is 4.79 Å². The summed E-state index contributed by atoms with van der Waals surface area (Å²) in [4.78, 5) is 12.6. The number of ether oxygens (including phenoxy) is 1. The van der Waals surface area contributed by atoms with Crippen molar-refractivity contribution in [3.63, 3.8) is 0 Å². The summed E-state index contributed by atoms with van der Waals surface area (Å²) < 4.78 is 5.32. The van der Waals surface area contributed by atoms with Gasteiger partial charge in [0.2, 0.25) is 0 Å². The Morgan fingerprint density at radius 1 is 1.29 bits per heavy atom. The predicted octanol–water partition coefficient (Wildman–Crippen LogP) is 2.19. The zero-order valence-electron chi connectivity index (χ0n) is 12.6. The molecular formula is C17H26O4. The highest BCUT2D eigenvalue weighted by atomic mass is 16.5. The molecule has 1 aliphatic heterocycles. The van der Waals surface area contributed by atoms with Crippen LogP contribution in [0.1, 0.15) is 51.4 Å². The summed E-state index contributed by atoms with van der Waals surface area (Å²) in [5.74, 6) is -0.448. The normalized spacial score (nSPS) is 46.2. The third-order valence-electron chi connectivity index (χ3n) is 6.25. The van der Waals surface area contributed by atoms with Crippen LogP contribution in [0.2, 0.25) is 0 Å². The van der Waals surface area contributed by atoms with Crippen molar-refractivity contribution in [3.05, 3.63) is 12.7 Å². The maximum absolute atomic E-state index is 12.6. The first-order valence-corrected chi connectivity index (χ1v) is 8.21. The van der Waals surface area contributed by atoms with E-state index in [1.807, 2.05) is 6.08 Å². The molecule has 2 N–H and O–H groups in total. The molecule has 0 radical (unpaired) electrons. The fourth-order valence-corrected chi connectivity index (χ4v) is 5.41. The van der Waals surface area contributed by atoms with Crippen molar-refractivity contribution in [2.24, 2.45) is 16.7 Å². The molecule has 2 saturated carbocycles. The monoisotopic (exact) mass is 294 g/mol. The summed E-state index contributed by atoms with van der Waals surface area (Å²) in [6.07, 6.45) is 7.32. The molecule has 3 aliphatic rings. The Balaban J connectivity index is 2.01. The molecule has 4 heteroatoms. The van der Waals surface area contributed by atoms with Crippen LogP contribution < -0.4 is 0 Å². The van der Waals surface area contributed by atoms with Gasteiger partial charge < -0.3 is 14.9 Å². The zero-order valence-corrected chi connectivity index (χ0v) is 12.6. The van der Waals surface area contributed by atoms with Crippen molar-refractivity contribution in [1.82, 2.24) is 0 Å². The van der Waals surface area contributed by atoms with Gasteiger partial charge in [0.05, 0.1) is 24.2 Å². The van der Waals surface area contributed by atoms with E-state index in [4.69, 9.17) is 4.74 Å². The summed E-state index contributed by atoms with van der Waals surface area (Å²) in [7, 11) is 0. The fraction of sp³-hybridized carbons (Fsp3) is 0.824. The predicted molar refractivity (Wildman–Crippen MR) is 78.5 cm³/mol. The molecule has 1 spiro atoms. The van der Waals surface area contributed by atoms with E-state index in [0.29, 0.717) is 19.4 Å². The van der Waals surface area contributed by atoms with E-state index >= 15 is 0 Å². The number of esters is 1. The van der Waals surface area contributed by atoms with Gasteiger partial charge in [0.15, 0.2) is 0 Å². The molecule has 3 fully saturated rings. The molecule has 2 aliphatic carbocycles. The smallest absolute Gasteiger partial charge is 0.315 e. The molecule has 1 unspecified atom stereocenters. The van der Waals surface area contributed by atoms with Gasteiger partial charge in [0.1, 0.15) is 0 Å². The Bertz CT molecular complexity index is 431. The van der Waals surface area contributed by atoms with Crippen molar-refractivity contribution >= 4 is 5.97 Å². The maximum atomic E-state index is 12.6. The first kappa shape index (κ1) is 15.0. The van der Waals surface area contributed by atoms with Gasteiger partial charge in [-0.25, -0.2) is 0 Å². The van der Waals surface area contributed by atoms with Crippen LogP contribution in [0, 0.1) is 16.7 Å². The number of fused-ring (bicyclic) bond motifs is 2. The molecule has 21 heavy (non-hydrogen) atoms. The lowest BCUT2D eigenvalue weighted by Gasteiger charge is -2.54. The van der Waals surface area contributed by atoms with Crippen molar-refractivity contribution in [1.29, 1.82) is 0 Å². The van der Waals surface area contributed by atoms with Gasteiger partial charge in [0.25, 0.3) is 0 Å². The van der Waals surface area contributed by atoms with E-state index in [9.17, 15) is 15.0 Å². The molecule has 0 aromatic carbocycles. The summed E-state index contributed by atoms with van der Waals surface area (Å²) in [6.45, 7) is 4.10. The number of cyclic esters (lactones) is 1. The highest BCUT2D eigenvalue weighted by Gasteiger charge is 2.66. The minimum Gasteiger partial charge on any atom is -0.465 e. The topological polar surface area (TPSA) is 66.8 Å². The Morgan fingerprint density at radius 2 is 2.10 bits per heavy atom. The third kappa shape index (κ3) is 2.07. The van der Waals surface area contributed by atoms with Crippen LogP contribution in [0.3, 0.4) is 0 Å².